The highest BCUT2D eigenvalue weighted by Crippen LogP contribution is 2.19. The molecule has 22 heavy (non-hydrogen) atoms. The molecule has 0 saturated carbocycles. The summed E-state index contributed by atoms with van der Waals surface area (Å²) < 4.78 is 0. The number of nitrogens with zero attached hydrogens (tertiary/aromatic N) is 1. The van der Waals surface area contributed by atoms with Gasteiger partial charge >= 0.3 is 0 Å². The van der Waals surface area contributed by atoms with Gasteiger partial charge in [0.25, 0.3) is 5.91 Å². The zero-order valence-corrected chi connectivity index (χ0v) is 12.9. The molecular weight excluding hydrogens is 298 g/mol. The number of rotatable bonds is 5. The second-order valence-corrected chi connectivity index (χ2v) is 5.19. The molecule has 4 nitrogen and oxygen atoms in total. The summed E-state index contributed by atoms with van der Waals surface area (Å²) in [5.74, 6) is -0.0979. The molecule has 0 aliphatic carbocycles. The van der Waals surface area contributed by atoms with Crippen LogP contribution in [0.5, 0.6) is 0 Å². The summed E-state index contributed by atoms with van der Waals surface area (Å²) in [6, 6.07) is 14.8. The van der Waals surface area contributed by atoms with Crippen LogP contribution in [0.3, 0.4) is 0 Å². The first kappa shape index (κ1) is 15.9. The highest BCUT2D eigenvalue weighted by Gasteiger charge is 2.05. The van der Waals surface area contributed by atoms with Gasteiger partial charge in [-0.2, -0.15) is 5.26 Å². The van der Waals surface area contributed by atoms with Crippen LogP contribution in [0.25, 0.3) is 0 Å². The van der Waals surface area contributed by atoms with Gasteiger partial charge in [0.05, 0.1) is 11.3 Å². The Morgan fingerprint density at radius 1 is 1.27 bits per heavy atom. The molecule has 0 bridgehead atoms. The van der Waals surface area contributed by atoms with E-state index in [1.54, 1.807) is 31.3 Å². The van der Waals surface area contributed by atoms with Gasteiger partial charge in [0.15, 0.2) is 0 Å². The minimum absolute atomic E-state index is 0.0979. The lowest BCUT2D eigenvalue weighted by Gasteiger charge is -2.09. The first-order chi connectivity index (χ1) is 10.6. The van der Waals surface area contributed by atoms with Gasteiger partial charge in [-0.05, 0) is 42.3 Å². The summed E-state index contributed by atoms with van der Waals surface area (Å²) in [6.45, 7) is 0.660. The van der Waals surface area contributed by atoms with Crippen LogP contribution >= 0.6 is 11.6 Å². The fourth-order valence-corrected chi connectivity index (χ4v) is 2.29. The van der Waals surface area contributed by atoms with Gasteiger partial charge in [0.1, 0.15) is 6.07 Å². The van der Waals surface area contributed by atoms with Crippen LogP contribution in [-0.2, 0) is 6.42 Å². The van der Waals surface area contributed by atoms with Gasteiger partial charge in [-0.3, -0.25) is 4.79 Å². The molecule has 2 aromatic carbocycles. The number of amides is 1. The summed E-state index contributed by atoms with van der Waals surface area (Å²) in [4.78, 5) is 11.6. The van der Waals surface area contributed by atoms with Crippen molar-refractivity contribution in [3.05, 3.63) is 64.2 Å². The first-order valence-electron chi connectivity index (χ1n) is 6.88. The number of anilines is 1. The summed E-state index contributed by atoms with van der Waals surface area (Å²) in [7, 11) is 1.61. The standard InChI is InChI=1S/C17H16ClN3O/c1-20-17(22)13-4-2-3-12(9-13)7-8-21-16-6-5-15(18)10-14(16)11-19/h2-6,9-10,21H,7-8H2,1H3,(H,20,22). The third-order valence-corrected chi connectivity index (χ3v) is 3.48. The van der Waals surface area contributed by atoms with Crippen LogP contribution < -0.4 is 10.6 Å². The second kappa shape index (κ2) is 7.48. The average Bonchev–Trinajstić information content (AvgIpc) is 2.55. The molecule has 0 spiro atoms. The van der Waals surface area contributed by atoms with E-state index in [0.717, 1.165) is 17.7 Å². The third kappa shape index (κ3) is 4.00. The lowest BCUT2D eigenvalue weighted by atomic mass is 10.1. The monoisotopic (exact) mass is 313 g/mol. The highest BCUT2D eigenvalue weighted by molar-refractivity contribution is 6.30. The Morgan fingerprint density at radius 2 is 2.09 bits per heavy atom. The molecule has 2 N–H and O–H groups in total. The smallest absolute Gasteiger partial charge is 0.251 e. The van der Waals surface area contributed by atoms with Crippen LogP contribution in [0.4, 0.5) is 5.69 Å². The zero-order chi connectivity index (χ0) is 15.9. The maximum Gasteiger partial charge on any atom is 0.251 e. The number of benzene rings is 2. The van der Waals surface area contributed by atoms with Crippen molar-refractivity contribution >= 4 is 23.2 Å². The average molecular weight is 314 g/mol. The van der Waals surface area contributed by atoms with E-state index in [9.17, 15) is 4.79 Å². The molecular formula is C17H16ClN3O. The lowest BCUT2D eigenvalue weighted by molar-refractivity contribution is 0.0963. The van der Waals surface area contributed by atoms with E-state index < -0.39 is 0 Å². The fraction of sp³-hybridized carbons (Fsp3) is 0.176. The SMILES string of the molecule is CNC(=O)c1cccc(CCNc2ccc(Cl)cc2C#N)c1. The van der Waals surface area contributed by atoms with Crippen molar-refractivity contribution in [3.63, 3.8) is 0 Å². The number of hydrogen-bond donors (Lipinski definition) is 2. The molecule has 2 rings (SSSR count). The summed E-state index contributed by atoms with van der Waals surface area (Å²) in [5.41, 5.74) is 2.98. The second-order valence-electron chi connectivity index (χ2n) is 4.76. The first-order valence-corrected chi connectivity index (χ1v) is 7.26. The highest BCUT2D eigenvalue weighted by atomic mass is 35.5. The molecule has 0 aliphatic rings. The number of carbonyl (C=O) groups excluding carboxylic acids is 1. The Labute approximate surface area is 134 Å². The van der Waals surface area contributed by atoms with Crippen LogP contribution in [0.2, 0.25) is 5.02 Å². The molecule has 0 radical (unpaired) electrons. The van der Waals surface area contributed by atoms with Crippen molar-refractivity contribution in [1.29, 1.82) is 5.26 Å². The van der Waals surface area contributed by atoms with Gasteiger partial charge in [0.2, 0.25) is 0 Å². The van der Waals surface area contributed by atoms with Gasteiger partial charge in [-0.1, -0.05) is 23.7 Å². The van der Waals surface area contributed by atoms with Crippen molar-refractivity contribution in [3.8, 4) is 6.07 Å². The normalized spacial score (nSPS) is 9.86. The minimum Gasteiger partial charge on any atom is -0.384 e. The topological polar surface area (TPSA) is 64.9 Å². The van der Waals surface area contributed by atoms with E-state index in [-0.39, 0.29) is 5.91 Å². The molecule has 0 saturated heterocycles. The van der Waals surface area contributed by atoms with Crippen molar-refractivity contribution in [2.75, 3.05) is 18.9 Å². The van der Waals surface area contributed by atoms with Crippen molar-refractivity contribution in [2.24, 2.45) is 0 Å². The quantitative estimate of drug-likeness (QED) is 0.890. The van der Waals surface area contributed by atoms with Crippen molar-refractivity contribution < 1.29 is 4.79 Å². The number of hydrogen-bond acceptors (Lipinski definition) is 3. The molecule has 0 unspecified atom stereocenters. The number of halogens is 1. The van der Waals surface area contributed by atoms with Crippen molar-refractivity contribution in [1.82, 2.24) is 5.32 Å². The molecule has 0 aromatic heterocycles. The maximum atomic E-state index is 11.6. The van der Waals surface area contributed by atoms with E-state index >= 15 is 0 Å². The predicted molar refractivity (Wildman–Crippen MR) is 88.2 cm³/mol. The van der Waals surface area contributed by atoms with Crippen molar-refractivity contribution in [2.45, 2.75) is 6.42 Å². The number of carbonyl (C=O) groups is 1. The molecule has 1 amide bonds. The molecule has 0 atom stereocenters. The number of nitriles is 1. The maximum absolute atomic E-state index is 11.6. The Bertz CT molecular complexity index is 722. The minimum atomic E-state index is -0.0979. The zero-order valence-electron chi connectivity index (χ0n) is 12.2. The molecule has 112 valence electrons. The van der Waals surface area contributed by atoms with E-state index in [1.165, 1.54) is 0 Å². The van der Waals surface area contributed by atoms with Gasteiger partial charge in [-0.15, -0.1) is 0 Å². The molecule has 5 heteroatoms. The molecule has 0 fully saturated rings. The Morgan fingerprint density at radius 3 is 2.82 bits per heavy atom. The molecule has 0 heterocycles. The van der Waals surface area contributed by atoms with Gasteiger partial charge < -0.3 is 10.6 Å². The third-order valence-electron chi connectivity index (χ3n) is 3.25. The van der Waals surface area contributed by atoms with Crippen LogP contribution in [0, 0.1) is 11.3 Å². The lowest BCUT2D eigenvalue weighted by Crippen LogP contribution is -2.18. The van der Waals surface area contributed by atoms with E-state index in [4.69, 9.17) is 16.9 Å². The summed E-state index contributed by atoms with van der Waals surface area (Å²) >= 11 is 5.87. The fourth-order valence-electron chi connectivity index (χ4n) is 2.12. The van der Waals surface area contributed by atoms with Crippen LogP contribution in [0.1, 0.15) is 21.5 Å². The van der Waals surface area contributed by atoms with Crippen LogP contribution in [0.15, 0.2) is 42.5 Å². The van der Waals surface area contributed by atoms with E-state index in [0.29, 0.717) is 22.7 Å². The Balaban J connectivity index is 2.00. The van der Waals surface area contributed by atoms with Crippen LogP contribution in [-0.4, -0.2) is 19.5 Å². The Hall–Kier alpha value is -2.51. The largest absolute Gasteiger partial charge is 0.384 e. The van der Waals surface area contributed by atoms with Gasteiger partial charge in [-0.25, -0.2) is 0 Å². The van der Waals surface area contributed by atoms with Gasteiger partial charge in [0, 0.05) is 24.2 Å². The Kier molecular flexibility index (Phi) is 5.40. The van der Waals surface area contributed by atoms with E-state index in [1.807, 2.05) is 18.2 Å². The summed E-state index contributed by atoms with van der Waals surface area (Å²) in [6.07, 6.45) is 0.748. The number of nitrogens with one attached hydrogen (secondary N) is 2. The predicted octanol–water partition coefficient (Wildman–Crippen LogP) is 3.23. The summed E-state index contributed by atoms with van der Waals surface area (Å²) in [5, 5.41) is 15.5. The molecule has 2 aromatic rings. The van der Waals surface area contributed by atoms with E-state index in [2.05, 4.69) is 16.7 Å². The molecule has 0 aliphatic heterocycles.